The summed E-state index contributed by atoms with van der Waals surface area (Å²) in [4.78, 5) is 12.0. The Morgan fingerprint density at radius 3 is 2.47 bits per heavy atom. The van der Waals surface area contributed by atoms with E-state index in [-0.39, 0.29) is 5.78 Å². The molecule has 1 rings (SSSR count). The molecular weight excluding hydrogens is 248 g/mol. The third-order valence-electron chi connectivity index (χ3n) is 2.61. The van der Waals surface area contributed by atoms with Crippen molar-refractivity contribution in [3.8, 4) is 11.5 Å². The molecular formula is C14H20O5. The molecule has 0 bridgehead atoms. The molecule has 0 radical (unpaired) electrons. The van der Waals surface area contributed by atoms with E-state index in [4.69, 9.17) is 18.9 Å². The van der Waals surface area contributed by atoms with Crippen LogP contribution in [0.15, 0.2) is 18.2 Å². The molecule has 0 saturated carbocycles. The third kappa shape index (κ3) is 4.89. The minimum absolute atomic E-state index is 0.0167. The topological polar surface area (TPSA) is 54.0 Å². The van der Waals surface area contributed by atoms with Gasteiger partial charge in [0.2, 0.25) is 0 Å². The number of carbonyl (C=O) groups excluding carboxylic acids is 1. The van der Waals surface area contributed by atoms with Crippen LogP contribution < -0.4 is 9.47 Å². The summed E-state index contributed by atoms with van der Waals surface area (Å²) < 4.78 is 20.4. The molecule has 0 aromatic heterocycles. The Morgan fingerprint density at radius 2 is 1.84 bits per heavy atom. The summed E-state index contributed by atoms with van der Waals surface area (Å²) in [5, 5.41) is 0. The van der Waals surface area contributed by atoms with Crippen LogP contribution in [-0.4, -0.2) is 46.9 Å². The fraction of sp³-hybridized carbons (Fsp3) is 0.500. The van der Waals surface area contributed by atoms with Gasteiger partial charge >= 0.3 is 0 Å². The van der Waals surface area contributed by atoms with Gasteiger partial charge < -0.3 is 18.9 Å². The van der Waals surface area contributed by atoms with E-state index in [0.29, 0.717) is 43.3 Å². The standard InChI is InChI=1S/C14H20O5/c1-16-8-9-19-7-6-13(15)12-5-4-11(17-2)10-14(12)18-3/h4-5,10H,6-9H2,1-3H3. The van der Waals surface area contributed by atoms with Crippen molar-refractivity contribution in [1.29, 1.82) is 0 Å². The van der Waals surface area contributed by atoms with Crippen molar-refractivity contribution in [2.24, 2.45) is 0 Å². The molecule has 19 heavy (non-hydrogen) atoms. The molecule has 0 aliphatic heterocycles. The minimum atomic E-state index is -0.0167. The molecule has 0 heterocycles. The predicted octanol–water partition coefficient (Wildman–Crippen LogP) is 1.94. The van der Waals surface area contributed by atoms with Crippen LogP contribution in [0.3, 0.4) is 0 Å². The van der Waals surface area contributed by atoms with Crippen LogP contribution in [0.2, 0.25) is 0 Å². The molecule has 0 fully saturated rings. The van der Waals surface area contributed by atoms with Gasteiger partial charge in [0.1, 0.15) is 11.5 Å². The largest absolute Gasteiger partial charge is 0.497 e. The highest BCUT2D eigenvalue weighted by atomic mass is 16.5. The number of rotatable bonds is 9. The normalized spacial score (nSPS) is 10.3. The number of ether oxygens (including phenoxy) is 4. The average Bonchev–Trinajstić information content (AvgIpc) is 2.46. The highest BCUT2D eigenvalue weighted by molar-refractivity contribution is 5.98. The van der Waals surface area contributed by atoms with Gasteiger partial charge in [0.25, 0.3) is 0 Å². The van der Waals surface area contributed by atoms with Crippen molar-refractivity contribution < 1.29 is 23.7 Å². The SMILES string of the molecule is COCCOCCC(=O)c1ccc(OC)cc1OC. The lowest BCUT2D eigenvalue weighted by Gasteiger charge is -2.09. The highest BCUT2D eigenvalue weighted by Crippen LogP contribution is 2.25. The fourth-order valence-electron chi connectivity index (χ4n) is 1.57. The first-order valence-corrected chi connectivity index (χ1v) is 6.04. The van der Waals surface area contributed by atoms with Crippen LogP contribution in [0, 0.1) is 0 Å². The maximum Gasteiger partial charge on any atom is 0.168 e. The van der Waals surface area contributed by atoms with Crippen LogP contribution in [0.4, 0.5) is 0 Å². The Balaban J connectivity index is 2.56. The summed E-state index contributed by atoms with van der Waals surface area (Å²) in [6, 6.07) is 5.13. The fourth-order valence-corrected chi connectivity index (χ4v) is 1.57. The first-order valence-electron chi connectivity index (χ1n) is 6.04. The maximum absolute atomic E-state index is 12.0. The van der Waals surface area contributed by atoms with Gasteiger partial charge in [-0.3, -0.25) is 4.79 Å². The van der Waals surface area contributed by atoms with Gasteiger partial charge in [-0.05, 0) is 12.1 Å². The second-order valence-corrected chi connectivity index (χ2v) is 3.84. The van der Waals surface area contributed by atoms with Gasteiger partial charge in [-0.15, -0.1) is 0 Å². The van der Waals surface area contributed by atoms with E-state index in [1.807, 2.05) is 0 Å². The van der Waals surface area contributed by atoms with E-state index in [9.17, 15) is 4.79 Å². The Bertz CT molecular complexity index is 403. The number of carbonyl (C=O) groups is 1. The van der Waals surface area contributed by atoms with Crippen LogP contribution in [0.25, 0.3) is 0 Å². The second-order valence-electron chi connectivity index (χ2n) is 3.84. The summed E-state index contributed by atoms with van der Waals surface area (Å²) in [6.07, 6.45) is 0.312. The molecule has 106 valence electrons. The molecule has 0 unspecified atom stereocenters. The van der Waals surface area contributed by atoms with E-state index >= 15 is 0 Å². The Morgan fingerprint density at radius 1 is 1.05 bits per heavy atom. The summed E-state index contributed by atoms with van der Waals surface area (Å²) in [5.74, 6) is 1.16. The van der Waals surface area contributed by atoms with Crippen molar-refractivity contribution >= 4 is 5.78 Å². The zero-order valence-electron chi connectivity index (χ0n) is 11.6. The molecule has 1 aromatic rings. The van der Waals surface area contributed by atoms with E-state index in [1.165, 1.54) is 7.11 Å². The predicted molar refractivity (Wildman–Crippen MR) is 71.2 cm³/mol. The van der Waals surface area contributed by atoms with E-state index < -0.39 is 0 Å². The van der Waals surface area contributed by atoms with Gasteiger partial charge in [0.15, 0.2) is 5.78 Å². The number of hydrogen-bond donors (Lipinski definition) is 0. The smallest absolute Gasteiger partial charge is 0.168 e. The number of methoxy groups -OCH3 is 3. The van der Waals surface area contributed by atoms with Crippen LogP contribution in [0.5, 0.6) is 11.5 Å². The molecule has 5 nitrogen and oxygen atoms in total. The van der Waals surface area contributed by atoms with Gasteiger partial charge in [0, 0.05) is 19.6 Å². The van der Waals surface area contributed by atoms with Crippen LogP contribution in [-0.2, 0) is 9.47 Å². The van der Waals surface area contributed by atoms with Crippen molar-refractivity contribution in [3.63, 3.8) is 0 Å². The van der Waals surface area contributed by atoms with Gasteiger partial charge in [0.05, 0.1) is 39.6 Å². The molecule has 1 aromatic carbocycles. The van der Waals surface area contributed by atoms with Gasteiger partial charge in [-0.1, -0.05) is 0 Å². The molecule has 0 spiro atoms. The lowest BCUT2D eigenvalue weighted by atomic mass is 10.1. The summed E-state index contributed by atoms with van der Waals surface area (Å²) in [7, 11) is 4.71. The summed E-state index contributed by atoms with van der Waals surface area (Å²) in [5.41, 5.74) is 0.540. The quantitative estimate of drug-likeness (QED) is 0.506. The zero-order chi connectivity index (χ0) is 14.1. The molecule has 0 N–H and O–H groups in total. The monoisotopic (exact) mass is 268 g/mol. The van der Waals surface area contributed by atoms with Crippen LogP contribution in [0.1, 0.15) is 16.8 Å². The second kappa shape index (κ2) is 8.50. The molecule has 0 aliphatic rings. The van der Waals surface area contributed by atoms with E-state index in [2.05, 4.69) is 0 Å². The van der Waals surface area contributed by atoms with Crippen molar-refractivity contribution in [2.75, 3.05) is 41.2 Å². The maximum atomic E-state index is 12.0. The first-order chi connectivity index (χ1) is 9.22. The van der Waals surface area contributed by atoms with Crippen molar-refractivity contribution in [3.05, 3.63) is 23.8 Å². The summed E-state index contributed by atoms with van der Waals surface area (Å²) in [6.45, 7) is 1.39. The Hall–Kier alpha value is -1.59. The molecule has 0 atom stereocenters. The third-order valence-corrected chi connectivity index (χ3v) is 2.61. The van der Waals surface area contributed by atoms with Gasteiger partial charge in [-0.25, -0.2) is 0 Å². The lowest BCUT2D eigenvalue weighted by Crippen LogP contribution is -2.09. The molecule has 0 saturated heterocycles. The number of Topliss-reactive ketones (excluding diaryl/α,β-unsaturated/α-hetero) is 1. The number of benzene rings is 1. The van der Waals surface area contributed by atoms with Crippen molar-refractivity contribution in [2.45, 2.75) is 6.42 Å². The lowest BCUT2D eigenvalue weighted by molar-refractivity contribution is 0.0640. The zero-order valence-corrected chi connectivity index (χ0v) is 11.6. The van der Waals surface area contributed by atoms with E-state index in [1.54, 1.807) is 32.4 Å². The number of ketones is 1. The Kier molecular flexibility index (Phi) is 6.92. The molecule has 5 heteroatoms. The summed E-state index contributed by atoms with van der Waals surface area (Å²) >= 11 is 0. The van der Waals surface area contributed by atoms with E-state index in [0.717, 1.165) is 0 Å². The minimum Gasteiger partial charge on any atom is -0.497 e. The molecule has 0 amide bonds. The van der Waals surface area contributed by atoms with Gasteiger partial charge in [-0.2, -0.15) is 0 Å². The first kappa shape index (κ1) is 15.5. The Labute approximate surface area is 113 Å². The highest BCUT2D eigenvalue weighted by Gasteiger charge is 2.13. The molecule has 0 aliphatic carbocycles. The number of hydrogen-bond acceptors (Lipinski definition) is 5. The average molecular weight is 268 g/mol. The van der Waals surface area contributed by atoms with Crippen LogP contribution >= 0.6 is 0 Å². The van der Waals surface area contributed by atoms with Crippen molar-refractivity contribution in [1.82, 2.24) is 0 Å².